The van der Waals surface area contributed by atoms with Gasteiger partial charge in [-0.2, -0.15) is 0 Å². The summed E-state index contributed by atoms with van der Waals surface area (Å²) in [5.41, 5.74) is 2.63. The maximum atomic E-state index is 13.8. The van der Waals surface area contributed by atoms with Gasteiger partial charge < -0.3 is 20.6 Å². The standard InChI is InChI=1S/C31H45F2N3O3/c1-5-13-36(14-6-2)31(39)22(4)11-12-30(38)35-28(18-25-16-26(32)19-27(33)17-25)29(37)21-34-20-24-10-8-9-23(7-3)15-24/h8-10,15-17,19,22,28-29,34,37H,5-7,11-14,18,20-21H2,1-4H3,(H,35,38)/t22-,28-,29+/m0/s1. The third kappa shape index (κ3) is 11.4. The first-order valence-electron chi connectivity index (χ1n) is 14.2. The molecule has 0 radical (unpaired) electrons. The number of aryl methyl sites for hydroxylation is 1. The van der Waals surface area contributed by atoms with E-state index in [9.17, 15) is 23.5 Å². The van der Waals surface area contributed by atoms with Crippen molar-refractivity contribution in [3.63, 3.8) is 0 Å². The van der Waals surface area contributed by atoms with Crippen LogP contribution in [0.1, 0.15) is 70.1 Å². The van der Waals surface area contributed by atoms with E-state index in [4.69, 9.17) is 0 Å². The highest BCUT2D eigenvalue weighted by Crippen LogP contribution is 2.15. The van der Waals surface area contributed by atoms with Crippen molar-refractivity contribution >= 4 is 11.8 Å². The van der Waals surface area contributed by atoms with Crippen molar-refractivity contribution in [1.82, 2.24) is 15.5 Å². The number of nitrogens with one attached hydrogen (secondary N) is 2. The summed E-state index contributed by atoms with van der Waals surface area (Å²) in [4.78, 5) is 27.5. The van der Waals surface area contributed by atoms with E-state index in [0.717, 1.165) is 30.9 Å². The third-order valence-corrected chi connectivity index (χ3v) is 6.80. The van der Waals surface area contributed by atoms with E-state index in [2.05, 4.69) is 29.7 Å². The molecule has 2 aromatic carbocycles. The van der Waals surface area contributed by atoms with E-state index in [0.29, 0.717) is 31.6 Å². The number of aliphatic hydroxyl groups is 1. The van der Waals surface area contributed by atoms with Gasteiger partial charge in [0.1, 0.15) is 11.6 Å². The fraction of sp³-hybridized carbons (Fsp3) is 0.548. The maximum absolute atomic E-state index is 13.8. The number of nitrogens with zero attached hydrogens (tertiary/aromatic N) is 1. The monoisotopic (exact) mass is 545 g/mol. The highest BCUT2D eigenvalue weighted by atomic mass is 19.1. The lowest BCUT2D eigenvalue weighted by atomic mass is 9.99. The summed E-state index contributed by atoms with van der Waals surface area (Å²) in [6, 6.07) is 10.6. The topological polar surface area (TPSA) is 81.7 Å². The average Bonchev–Trinajstić information content (AvgIpc) is 2.90. The molecule has 6 nitrogen and oxygen atoms in total. The molecule has 0 saturated carbocycles. The molecule has 0 bridgehead atoms. The van der Waals surface area contributed by atoms with Crippen molar-refractivity contribution < 1.29 is 23.5 Å². The number of aliphatic hydroxyl groups excluding tert-OH is 1. The molecule has 2 amide bonds. The highest BCUT2D eigenvalue weighted by molar-refractivity contribution is 5.80. The van der Waals surface area contributed by atoms with Gasteiger partial charge in [0.2, 0.25) is 11.8 Å². The Labute approximate surface area is 232 Å². The predicted molar refractivity (Wildman–Crippen MR) is 151 cm³/mol. The van der Waals surface area contributed by atoms with Gasteiger partial charge in [-0.3, -0.25) is 9.59 Å². The molecular formula is C31H45F2N3O3. The van der Waals surface area contributed by atoms with Crippen molar-refractivity contribution in [2.75, 3.05) is 19.6 Å². The third-order valence-electron chi connectivity index (χ3n) is 6.80. The summed E-state index contributed by atoms with van der Waals surface area (Å²) in [7, 11) is 0. The fourth-order valence-electron chi connectivity index (χ4n) is 4.67. The van der Waals surface area contributed by atoms with Crippen molar-refractivity contribution in [3.05, 3.63) is 70.8 Å². The van der Waals surface area contributed by atoms with E-state index in [-0.39, 0.29) is 37.1 Å². The zero-order valence-corrected chi connectivity index (χ0v) is 23.8. The number of hydrogen-bond acceptors (Lipinski definition) is 4. The summed E-state index contributed by atoms with van der Waals surface area (Å²) >= 11 is 0. The van der Waals surface area contributed by atoms with Gasteiger partial charge in [-0.15, -0.1) is 0 Å². The first kappa shape index (κ1) is 32.4. The Kier molecular flexibility index (Phi) is 14.1. The molecule has 2 rings (SSSR count). The molecule has 0 aromatic heterocycles. The minimum absolute atomic E-state index is 0.0367. The number of carbonyl (C=O) groups excluding carboxylic acids is 2. The van der Waals surface area contributed by atoms with Crippen LogP contribution in [0, 0.1) is 17.6 Å². The van der Waals surface area contributed by atoms with Crippen molar-refractivity contribution in [3.8, 4) is 0 Å². The number of halogens is 2. The molecule has 0 heterocycles. The first-order chi connectivity index (χ1) is 18.7. The summed E-state index contributed by atoms with van der Waals surface area (Å²) in [6.07, 6.45) is 2.21. The van der Waals surface area contributed by atoms with E-state index < -0.39 is 23.8 Å². The number of amides is 2. The van der Waals surface area contributed by atoms with Crippen LogP contribution in [0.25, 0.3) is 0 Å². The Morgan fingerprint density at radius 1 is 0.949 bits per heavy atom. The zero-order chi connectivity index (χ0) is 28.8. The molecule has 0 aliphatic carbocycles. The predicted octanol–water partition coefficient (Wildman–Crippen LogP) is 4.77. The van der Waals surface area contributed by atoms with E-state index in [1.807, 2.05) is 37.8 Å². The largest absolute Gasteiger partial charge is 0.390 e. The van der Waals surface area contributed by atoms with Crippen LogP contribution < -0.4 is 10.6 Å². The smallest absolute Gasteiger partial charge is 0.225 e. The minimum Gasteiger partial charge on any atom is -0.390 e. The molecule has 0 spiro atoms. The van der Waals surface area contributed by atoms with Gasteiger partial charge in [0, 0.05) is 44.6 Å². The molecule has 0 aliphatic heterocycles. The second kappa shape index (κ2) is 17.0. The molecule has 0 saturated heterocycles. The Morgan fingerprint density at radius 2 is 1.59 bits per heavy atom. The van der Waals surface area contributed by atoms with Gasteiger partial charge in [-0.05, 0) is 60.9 Å². The second-order valence-electron chi connectivity index (χ2n) is 10.3. The summed E-state index contributed by atoms with van der Waals surface area (Å²) in [5.74, 6) is -2.02. The van der Waals surface area contributed by atoms with Crippen LogP contribution in [0.2, 0.25) is 0 Å². The van der Waals surface area contributed by atoms with Crippen LogP contribution in [-0.2, 0) is 29.0 Å². The SMILES string of the molecule is CCCN(CCC)C(=O)[C@@H](C)CCC(=O)N[C@@H](Cc1cc(F)cc(F)c1)[C@H](O)CNCc1cccc(CC)c1. The quantitative estimate of drug-likeness (QED) is 0.268. The lowest BCUT2D eigenvalue weighted by Crippen LogP contribution is -2.48. The lowest BCUT2D eigenvalue weighted by molar-refractivity contribution is -0.135. The van der Waals surface area contributed by atoms with Crippen LogP contribution in [0.4, 0.5) is 8.78 Å². The molecule has 8 heteroatoms. The lowest BCUT2D eigenvalue weighted by Gasteiger charge is -2.26. The number of hydrogen-bond donors (Lipinski definition) is 3. The van der Waals surface area contributed by atoms with Crippen LogP contribution in [0.15, 0.2) is 42.5 Å². The number of rotatable bonds is 17. The Morgan fingerprint density at radius 3 is 2.21 bits per heavy atom. The van der Waals surface area contributed by atoms with Crippen LogP contribution >= 0.6 is 0 Å². The molecule has 2 aromatic rings. The summed E-state index contributed by atoms with van der Waals surface area (Å²) < 4.78 is 27.6. The number of benzene rings is 2. The van der Waals surface area contributed by atoms with E-state index >= 15 is 0 Å². The zero-order valence-electron chi connectivity index (χ0n) is 23.8. The highest BCUT2D eigenvalue weighted by Gasteiger charge is 2.24. The molecule has 216 valence electrons. The maximum Gasteiger partial charge on any atom is 0.225 e. The van der Waals surface area contributed by atoms with Crippen LogP contribution in [0.5, 0.6) is 0 Å². The van der Waals surface area contributed by atoms with Gasteiger partial charge in [0.15, 0.2) is 0 Å². The Balaban J connectivity index is 2.02. The van der Waals surface area contributed by atoms with Crippen molar-refractivity contribution in [2.45, 2.75) is 84.9 Å². The summed E-state index contributed by atoms with van der Waals surface area (Å²) in [5, 5.41) is 17.0. The molecule has 0 aliphatic rings. The van der Waals surface area contributed by atoms with Crippen molar-refractivity contribution in [2.24, 2.45) is 5.92 Å². The molecule has 3 N–H and O–H groups in total. The molecular weight excluding hydrogens is 500 g/mol. The van der Waals surface area contributed by atoms with Crippen LogP contribution in [0.3, 0.4) is 0 Å². The minimum atomic E-state index is -1.00. The average molecular weight is 546 g/mol. The van der Waals surface area contributed by atoms with Gasteiger partial charge in [-0.25, -0.2) is 8.78 Å². The van der Waals surface area contributed by atoms with Crippen LogP contribution in [-0.4, -0.2) is 53.6 Å². The molecule has 3 atom stereocenters. The summed E-state index contributed by atoms with van der Waals surface area (Å²) in [6.45, 7) is 10.1. The molecule has 39 heavy (non-hydrogen) atoms. The molecule has 0 unspecified atom stereocenters. The van der Waals surface area contributed by atoms with Gasteiger partial charge in [0.05, 0.1) is 12.1 Å². The first-order valence-corrected chi connectivity index (χ1v) is 14.2. The Bertz CT molecular complexity index is 1020. The number of carbonyl (C=O) groups is 2. The Hall–Kier alpha value is -2.84. The van der Waals surface area contributed by atoms with E-state index in [1.165, 1.54) is 17.7 Å². The van der Waals surface area contributed by atoms with Gasteiger partial charge in [-0.1, -0.05) is 52.0 Å². The van der Waals surface area contributed by atoms with Crippen molar-refractivity contribution in [1.29, 1.82) is 0 Å². The second-order valence-corrected chi connectivity index (χ2v) is 10.3. The van der Waals surface area contributed by atoms with Gasteiger partial charge >= 0.3 is 0 Å². The normalized spacial score (nSPS) is 13.5. The fourth-order valence-corrected chi connectivity index (χ4v) is 4.67. The van der Waals surface area contributed by atoms with E-state index in [1.54, 1.807) is 0 Å². The van der Waals surface area contributed by atoms with Gasteiger partial charge in [0.25, 0.3) is 0 Å². The molecule has 0 fully saturated rings.